The molecule has 0 spiro atoms. The summed E-state index contributed by atoms with van der Waals surface area (Å²) in [7, 11) is 1.62. The summed E-state index contributed by atoms with van der Waals surface area (Å²) >= 11 is 0. The molecule has 1 aliphatic heterocycles. The van der Waals surface area contributed by atoms with Crippen LogP contribution in [0.1, 0.15) is 16.9 Å². The highest BCUT2D eigenvalue weighted by molar-refractivity contribution is 5.79. The Kier molecular flexibility index (Phi) is 3.41. The Morgan fingerprint density at radius 2 is 2.30 bits per heavy atom. The summed E-state index contributed by atoms with van der Waals surface area (Å²) in [5, 5.41) is 3.78. The molecule has 0 saturated heterocycles. The molecule has 20 heavy (non-hydrogen) atoms. The minimum atomic E-state index is 0.0985. The van der Waals surface area contributed by atoms with Gasteiger partial charge < -0.3 is 14.2 Å². The van der Waals surface area contributed by atoms with Crippen LogP contribution in [-0.4, -0.2) is 29.6 Å². The molecule has 1 aromatic carbocycles. The molecule has 0 radical (unpaired) electrons. The second-order valence-electron chi connectivity index (χ2n) is 4.83. The third kappa shape index (κ3) is 2.39. The molecule has 2 heterocycles. The lowest BCUT2D eigenvalue weighted by Gasteiger charge is -2.26. The van der Waals surface area contributed by atoms with Gasteiger partial charge in [0.2, 0.25) is 5.91 Å². The number of ether oxygens (including phenoxy) is 1. The van der Waals surface area contributed by atoms with Crippen LogP contribution in [-0.2, 0) is 24.2 Å². The smallest absolute Gasteiger partial charge is 0.227 e. The van der Waals surface area contributed by atoms with Crippen LogP contribution in [0.5, 0.6) is 5.75 Å². The fraction of sp³-hybridized carbons (Fsp3) is 0.333. The Balaban J connectivity index is 1.71. The van der Waals surface area contributed by atoms with Gasteiger partial charge in [0.05, 0.1) is 26.3 Å². The zero-order valence-corrected chi connectivity index (χ0v) is 11.3. The fourth-order valence-electron chi connectivity index (χ4n) is 2.48. The summed E-state index contributed by atoms with van der Waals surface area (Å²) in [6, 6.07) is 7.61. The van der Waals surface area contributed by atoms with E-state index < -0.39 is 0 Å². The molecule has 1 aromatic heterocycles. The van der Waals surface area contributed by atoms with Crippen molar-refractivity contribution in [1.29, 1.82) is 0 Å². The minimum absolute atomic E-state index is 0.0985. The van der Waals surface area contributed by atoms with Crippen molar-refractivity contribution in [3.63, 3.8) is 0 Å². The maximum Gasteiger partial charge on any atom is 0.227 e. The number of nitrogens with zero attached hydrogens (tertiary/aromatic N) is 2. The largest absolute Gasteiger partial charge is 0.496 e. The topological polar surface area (TPSA) is 55.6 Å². The molecule has 1 aliphatic rings. The van der Waals surface area contributed by atoms with E-state index in [0.717, 1.165) is 29.1 Å². The van der Waals surface area contributed by atoms with E-state index in [1.54, 1.807) is 13.3 Å². The van der Waals surface area contributed by atoms with Gasteiger partial charge in [-0.05, 0) is 6.07 Å². The summed E-state index contributed by atoms with van der Waals surface area (Å²) < 4.78 is 10.4. The number of methoxy groups -OCH3 is 1. The Bertz CT molecular complexity index is 621. The molecule has 0 saturated carbocycles. The number of hydrogen-bond acceptors (Lipinski definition) is 4. The van der Waals surface area contributed by atoms with Crippen LogP contribution in [0.3, 0.4) is 0 Å². The Morgan fingerprint density at radius 1 is 1.45 bits per heavy atom. The van der Waals surface area contributed by atoms with Crippen LogP contribution in [0, 0.1) is 0 Å². The summed E-state index contributed by atoms with van der Waals surface area (Å²) in [6.45, 7) is 1.25. The van der Waals surface area contributed by atoms with Gasteiger partial charge in [-0.1, -0.05) is 23.4 Å². The quantitative estimate of drug-likeness (QED) is 0.855. The van der Waals surface area contributed by atoms with Crippen LogP contribution < -0.4 is 4.74 Å². The lowest BCUT2D eigenvalue weighted by Crippen LogP contribution is -2.36. The normalized spacial score (nSPS) is 13.9. The van der Waals surface area contributed by atoms with E-state index in [1.807, 2.05) is 29.2 Å². The van der Waals surface area contributed by atoms with E-state index in [4.69, 9.17) is 9.26 Å². The predicted molar refractivity (Wildman–Crippen MR) is 72.3 cm³/mol. The number of para-hydroxylation sites is 1. The number of fused-ring (bicyclic) bond motifs is 1. The summed E-state index contributed by atoms with van der Waals surface area (Å²) in [6.07, 6.45) is 2.77. The van der Waals surface area contributed by atoms with Crippen molar-refractivity contribution in [3.05, 3.63) is 47.3 Å². The van der Waals surface area contributed by atoms with E-state index in [0.29, 0.717) is 19.5 Å². The Morgan fingerprint density at radius 3 is 3.15 bits per heavy atom. The van der Waals surface area contributed by atoms with Crippen LogP contribution in [0.25, 0.3) is 0 Å². The van der Waals surface area contributed by atoms with Gasteiger partial charge in [0, 0.05) is 24.1 Å². The highest BCUT2D eigenvalue weighted by atomic mass is 16.5. The standard InChI is InChI=1S/C15H16N2O3/c1-19-13-5-3-2-4-11(13)8-15(18)17-7-6-14-12(10-17)9-16-20-14/h2-5,9H,6-8,10H2,1H3. The average Bonchev–Trinajstić information content (AvgIpc) is 2.95. The van der Waals surface area contributed by atoms with Gasteiger partial charge >= 0.3 is 0 Å². The lowest BCUT2D eigenvalue weighted by atomic mass is 10.1. The Labute approximate surface area is 117 Å². The molecule has 0 bridgehead atoms. The van der Waals surface area contributed by atoms with Gasteiger partial charge in [0.25, 0.3) is 0 Å². The maximum atomic E-state index is 12.4. The first kappa shape index (κ1) is 12.7. The van der Waals surface area contributed by atoms with E-state index in [9.17, 15) is 4.79 Å². The summed E-state index contributed by atoms with van der Waals surface area (Å²) in [5.41, 5.74) is 1.92. The number of benzene rings is 1. The van der Waals surface area contributed by atoms with E-state index in [-0.39, 0.29) is 5.91 Å². The van der Waals surface area contributed by atoms with Gasteiger partial charge in [-0.2, -0.15) is 0 Å². The van der Waals surface area contributed by atoms with Gasteiger partial charge in [0.15, 0.2) is 0 Å². The van der Waals surface area contributed by atoms with Crippen LogP contribution >= 0.6 is 0 Å². The van der Waals surface area contributed by atoms with Crippen LogP contribution in [0.2, 0.25) is 0 Å². The monoisotopic (exact) mass is 272 g/mol. The first-order valence-corrected chi connectivity index (χ1v) is 6.60. The van der Waals surface area contributed by atoms with Crippen LogP contribution in [0.4, 0.5) is 0 Å². The van der Waals surface area contributed by atoms with E-state index in [1.165, 1.54) is 0 Å². The van der Waals surface area contributed by atoms with Crippen LogP contribution in [0.15, 0.2) is 35.0 Å². The molecule has 5 heteroatoms. The van der Waals surface area contributed by atoms with Crippen molar-refractivity contribution in [1.82, 2.24) is 10.1 Å². The van der Waals surface area contributed by atoms with E-state index in [2.05, 4.69) is 5.16 Å². The molecule has 0 N–H and O–H groups in total. The lowest BCUT2D eigenvalue weighted by molar-refractivity contribution is -0.131. The zero-order chi connectivity index (χ0) is 13.9. The molecule has 104 valence electrons. The number of amides is 1. The molecular formula is C15H16N2O3. The number of aromatic nitrogens is 1. The zero-order valence-electron chi connectivity index (χ0n) is 11.3. The molecule has 0 unspecified atom stereocenters. The van der Waals surface area contributed by atoms with Crippen molar-refractivity contribution >= 4 is 5.91 Å². The van der Waals surface area contributed by atoms with E-state index >= 15 is 0 Å². The minimum Gasteiger partial charge on any atom is -0.496 e. The number of carbonyl (C=O) groups is 1. The van der Waals surface area contributed by atoms with Gasteiger partial charge in [-0.25, -0.2) is 0 Å². The van der Waals surface area contributed by atoms with Gasteiger partial charge in [-0.3, -0.25) is 4.79 Å². The number of carbonyl (C=O) groups excluding carboxylic acids is 1. The van der Waals surface area contributed by atoms with Gasteiger partial charge in [-0.15, -0.1) is 0 Å². The highest BCUT2D eigenvalue weighted by Crippen LogP contribution is 2.22. The third-order valence-corrected chi connectivity index (χ3v) is 3.59. The molecule has 0 atom stereocenters. The second kappa shape index (κ2) is 5.36. The Hall–Kier alpha value is -2.30. The maximum absolute atomic E-state index is 12.4. The molecule has 0 fully saturated rings. The molecular weight excluding hydrogens is 256 g/mol. The fourth-order valence-corrected chi connectivity index (χ4v) is 2.48. The molecule has 0 aliphatic carbocycles. The average molecular weight is 272 g/mol. The first-order valence-electron chi connectivity index (χ1n) is 6.60. The summed E-state index contributed by atoms with van der Waals surface area (Å²) in [4.78, 5) is 14.2. The van der Waals surface area contributed by atoms with Crippen molar-refractivity contribution in [3.8, 4) is 5.75 Å². The SMILES string of the molecule is COc1ccccc1CC(=O)N1CCc2oncc2C1. The number of hydrogen-bond donors (Lipinski definition) is 0. The van der Waals surface area contributed by atoms with Crippen molar-refractivity contribution in [2.45, 2.75) is 19.4 Å². The highest BCUT2D eigenvalue weighted by Gasteiger charge is 2.23. The molecule has 3 rings (SSSR count). The second-order valence-corrected chi connectivity index (χ2v) is 4.83. The first-order chi connectivity index (χ1) is 9.78. The third-order valence-electron chi connectivity index (χ3n) is 3.59. The number of rotatable bonds is 3. The predicted octanol–water partition coefficient (Wildman–Crippen LogP) is 1.81. The summed E-state index contributed by atoms with van der Waals surface area (Å²) in [5.74, 6) is 1.75. The molecule has 2 aromatic rings. The van der Waals surface area contributed by atoms with Gasteiger partial charge in [0.1, 0.15) is 11.5 Å². The molecule has 5 nitrogen and oxygen atoms in total. The van der Waals surface area contributed by atoms with Crippen molar-refractivity contribution < 1.29 is 14.1 Å². The van der Waals surface area contributed by atoms with Crippen molar-refractivity contribution in [2.75, 3.05) is 13.7 Å². The van der Waals surface area contributed by atoms with Crippen molar-refractivity contribution in [2.24, 2.45) is 0 Å². The molecule has 1 amide bonds.